The highest BCUT2D eigenvalue weighted by Crippen LogP contribution is 2.31. The number of nitrogens with one attached hydrogen (secondary N) is 1. The SMILES string of the molecule is CC(C)OC1CC(C2=c3oc4ccccc4c3=CCC2)=NC(c2ccccc2O)N1. The van der Waals surface area contributed by atoms with Crippen molar-refractivity contribution in [1.82, 2.24) is 5.32 Å². The quantitative estimate of drug-likeness (QED) is 0.698. The van der Waals surface area contributed by atoms with Crippen molar-refractivity contribution in [2.75, 3.05) is 0 Å². The molecule has 0 saturated heterocycles. The number of fused-ring (bicyclic) bond motifs is 3. The summed E-state index contributed by atoms with van der Waals surface area (Å²) in [4.78, 5) is 5.02. The highest BCUT2D eigenvalue weighted by Gasteiger charge is 2.29. The number of nitrogens with zero attached hydrogens (tertiary/aromatic N) is 1. The Labute approximate surface area is 175 Å². The lowest BCUT2D eigenvalue weighted by molar-refractivity contribution is -0.0170. The number of para-hydroxylation sites is 2. The van der Waals surface area contributed by atoms with Gasteiger partial charge in [-0.2, -0.15) is 0 Å². The number of rotatable bonds is 4. The van der Waals surface area contributed by atoms with Crippen LogP contribution in [0, 0.1) is 0 Å². The lowest BCUT2D eigenvalue weighted by Gasteiger charge is -2.32. The normalized spacial score (nSPS) is 21.4. The van der Waals surface area contributed by atoms with E-state index in [-0.39, 0.29) is 24.2 Å². The zero-order valence-corrected chi connectivity index (χ0v) is 17.3. The van der Waals surface area contributed by atoms with Crippen LogP contribution in [-0.4, -0.2) is 23.2 Å². The Morgan fingerprint density at radius 1 is 1.13 bits per heavy atom. The van der Waals surface area contributed by atoms with E-state index < -0.39 is 0 Å². The zero-order valence-electron chi connectivity index (χ0n) is 17.3. The van der Waals surface area contributed by atoms with E-state index in [1.165, 1.54) is 0 Å². The maximum atomic E-state index is 10.4. The second kappa shape index (κ2) is 7.74. The number of hydrogen-bond donors (Lipinski definition) is 2. The van der Waals surface area contributed by atoms with Gasteiger partial charge in [-0.25, -0.2) is 0 Å². The lowest BCUT2D eigenvalue weighted by atomic mass is 9.95. The highest BCUT2D eigenvalue weighted by molar-refractivity contribution is 6.19. The summed E-state index contributed by atoms with van der Waals surface area (Å²) >= 11 is 0. The van der Waals surface area contributed by atoms with Crippen LogP contribution in [0.25, 0.3) is 22.6 Å². The van der Waals surface area contributed by atoms with Crippen LogP contribution < -0.4 is 16.0 Å². The van der Waals surface area contributed by atoms with E-state index in [2.05, 4.69) is 17.5 Å². The molecule has 154 valence electrons. The Hall–Kier alpha value is -2.89. The first-order valence-corrected chi connectivity index (χ1v) is 10.6. The average molecular weight is 402 g/mol. The molecule has 3 aromatic rings. The first-order chi connectivity index (χ1) is 14.6. The zero-order chi connectivity index (χ0) is 20.7. The molecule has 1 aliphatic carbocycles. The molecule has 5 nitrogen and oxygen atoms in total. The van der Waals surface area contributed by atoms with Gasteiger partial charge in [0.05, 0.1) is 6.10 Å². The van der Waals surface area contributed by atoms with Crippen LogP contribution >= 0.6 is 0 Å². The molecule has 2 aliphatic rings. The summed E-state index contributed by atoms with van der Waals surface area (Å²) in [5.74, 6) is 0.231. The minimum absolute atomic E-state index is 0.0818. The van der Waals surface area contributed by atoms with Gasteiger partial charge < -0.3 is 14.3 Å². The molecule has 1 aliphatic heterocycles. The molecule has 0 radical (unpaired) electrons. The fraction of sp³-hybridized carbons (Fsp3) is 0.320. The van der Waals surface area contributed by atoms with Crippen molar-refractivity contribution in [2.24, 2.45) is 4.99 Å². The Morgan fingerprint density at radius 3 is 2.77 bits per heavy atom. The van der Waals surface area contributed by atoms with E-state index in [1.54, 1.807) is 6.07 Å². The fourth-order valence-corrected chi connectivity index (χ4v) is 4.39. The van der Waals surface area contributed by atoms with Crippen molar-refractivity contribution in [2.45, 2.75) is 51.6 Å². The summed E-state index contributed by atoms with van der Waals surface area (Å²) in [7, 11) is 0. The van der Waals surface area contributed by atoms with Gasteiger partial charge in [-0.15, -0.1) is 0 Å². The van der Waals surface area contributed by atoms with Crippen molar-refractivity contribution < 1.29 is 14.3 Å². The topological polar surface area (TPSA) is 67.0 Å². The Morgan fingerprint density at radius 2 is 1.93 bits per heavy atom. The summed E-state index contributed by atoms with van der Waals surface area (Å²) in [6.07, 6.45) is 4.28. The summed E-state index contributed by atoms with van der Waals surface area (Å²) in [5.41, 5.74) is 4.70. The number of ether oxygens (including phenoxy) is 1. The number of aliphatic imine (C=N–C) groups is 1. The molecular formula is C25H26N2O3. The summed E-state index contributed by atoms with van der Waals surface area (Å²) in [6.45, 7) is 4.06. The summed E-state index contributed by atoms with van der Waals surface area (Å²) < 4.78 is 12.4. The van der Waals surface area contributed by atoms with E-state index >= 15 is 0 Å². The predicted octanol–water partition coefficient (Wildman–Crippen LogP) is 3.75. The van der Waals surface area contributed by atoms with Gasteiger partial charge in [0.15, 0.2) is 0 Å². The third kappa shape index (κ3) is 3.44. The molecule has 2 atom stereocenters. The van der Waals surface area contributed by atoms with Crippen LogP contribution in [0.5, 0.6) is 5.75 Å². The van der Waals surface area contributed by atoms with E-state index in [4.69, 9.17) is 14.1 Å². The Balaban J connectivity index is 1.66. The van der Waals surface area contributed by atoms with Gasteiger partial charge in [0.2, 0.25) is 0 Å². The van der Waals surface area contributed by atoms with Gasteiger partial charge in [0.25, 0.3) is 0 Å². The van der Waals surface area contributed by atoms with E-state index in [0.29, 0.717) is 6.42 Å². The standard InChI is InChI=1S/C25H26N2O3/c1-15(2)29-23-14-20(26-25(27-23)19-9-3-5-12-21(19)28)18-11-7-10-17-16-8-4-6-13-22(16)30-24(17)18/h3-6,8-10,12-13,15,23,25,27-28H,7,11,14H2,1-2H3. The molecule has 5 rings (SSSR count). The number of phenolic OH excluding ortho intramolecular Hbond substituents is 1. The molecule has 2 aromatic carbocycles. The van der Waals surface area contributed by atoms with Gasteiger partial charge in [0.1, 0.15) is 29.1 Å². The van der Waals surface area contributed by atoms with Crippen LogP contribution in [0.1, 0.15) is 44.8 Å². The Kier molecular flexibility index (Phi) is 4.93. The van der Waals surface area contributed by atoms with Crippen LogP contribution in [0.15, 0.2) is 57.9 Å². The molecule has 2 N–H and O–H groups in total. The molecule has 0 spiro atoms. The third-order valence-corrected chi connectivity index (χ3v) is 5.67. The van der Waals surface area contributed by atoms with Crippen LogP contribution in [0.4, 0.5) is 0 Å². The highest BCUT2D eigenvalue weighted by atomic mass is 16.5. The Bertz CT molecular complexity index is 1240. The number of phenols is 1. The monoisotopic (exact) mass is 402 g/mol. The lowest BCUT2D eigenvalue weighted by Crippen LogP contribution is -2.43. The molecule has 0 amide bonds. The predicted molar refractivity (Wildman–Crippen MR) is 119 cm³/mol. The maximum Gasteiger partial charge on any atom is 0.140 e. The van der Waals surface area contributed by atoms with Gasteiger partial charge in [0, 0.05) is 33.9 Å². The van der Waals surface area contributed by atoms with Crippen LogP contribution in [-0.2, 0) is 4.74 Å². The largest absolute Gasteiger partial charge is 0.508 e. The molecule has 30 heavy (non-hydrogen) atoms. The van der Waals surface area contributed by atoms with E-state index in [9.17, 15) is 5.11 Å². The number of hydrogen-bond acceptors (Lipinski definition) is 5. The van der Waals surface area contributed by atoms with Crippen LogP contribution in [0.3, 0.4) is 0 Å². The van der Waals surface area contributed by atoms with Crippen molar-refractivity contribution in [3.05, 3.63) is 64.7 Å². The van der Waals surface area contributed by atoms with E-state index in [1.807, 2.05) is 50.2 Å². The maximum absolute atomic E-state index is 10.4. The number of furan rings is 1. The second-order valence-corrected chi connectivity index (χ2v) is 8.14. The molecule has 0 bridgehead atoms. The third-order valence-electron chi connectivity index (χ3n) is 5.67. The average Bonchev–Trinajstić information content (AvgIpc) is 3.12. The van der Waals surface area contributed by atoms with Crippen molar-refractivity contribution >= 4 is 28.3 Å². The summed E-state index contributed by atoms with van der Waals surface area (Å²) in [5, 5.41) is 16.1. The van der Waals surface area contributed by atoms with Crippen molar-refractivity contribution in [3.8, 4) is 5.75 Å². The molecule has 1 aromatic heterocycles. The number of aromatic hydroxyl groups is 1. The fourth-order valence-electron chi connectivity index (χ4n) is 4.39. The van der Waals surface area contributed by atoms with Gasteiger partial charge >= 0.3 is 0 Å². The molecule has 0 fully saturated rings. The van der Waals surface area contributed by atoms with Crippen molar-refractivity contribution in [1.29, 1.82) is 0 Å². The smallest absolute Gasteiger partial charge is 0.140 e. The van der Waals surface area contributed by atoms with Crippen molar-refractivity contribution in [3.63, 3.8) is 0 Å². The molecule has 5 heteroatoms. The first-order valence-electron chi connectivity index (χ1n) is 10.6. The minimum Gasteiger partial charge on any atom is -0.508 e. The molecule has 0 saturated carbocycles. The van der Waals surface area contributed by atoms with Crippen LogP contribution in [0.2, 0.25) is 0 Å². The van der Waals surface area contributed by atoms with Gasteiger partial charge in [-0.3, -0.25) is 10.3 Å². The van der Waals surface area contributed by atoms with Gasteiger partial charge in [-0.1, -0.05) is 42.5 Å². The first kappa shape index (κ1) is 19.1. The van der Waals surface area contributed by atoms with E-state index in [0.717, 1.165) is 51.3 Å². The second-order valence-electron chi connectivity index (χ2n) is 8.14. The number of benzene rings is 2. The molecular weight excluding hydrogens is 376 g/mol. The molecule has 2 unspecified atom stereocenters. The summed E-state index contributed by atoms with van der Waals surface area (Å²) in [6, 6.07) is 15.5. The molecule has 2 heterocycles. The minimum atomic E-state index is -0.370. The van der Waals surface area contributed by atoms with Gasteiger partial charge in [-0.05, 0) is 38.8 Å².